The first-order chi connectivity index (χ1) is 15.0. The molecule has 1 amide bonds. The molecule has 3 aromatic rings. The number of aromatic amines is 1. The zero-order chi connectivity index (χ0) is 22.4. The van der Waals surface area contributed by atoms with Gasteiger partial charge in [0, 0.05) is 17.5 Å². The Hall–Kier alpha value is -3.52. The molecule has 2 N–H and O–H groups in total. The molecule has 0 saturated carbocycles. The Balaban J connectivity index is 0.000000858. The van der Waals surface area contributed by atoms with Crippen LogP contribution in [-0.2, 0) is 11.3 Å². The Morgan fingerprint density at radius 3 is 2.58 bits per heavy atom. The molecule has 0 fully saturated rings. The van der Waals surface area contributed by atoms with Crippen molar-refractivity contribution in [3.63, 3.8) is 0 Å². The summed E-state index contributed by atoms with van der Waals surface area (Å²) in [5, 5.41) is 7.38. The van der Waals surface area contributed by atoms with Crippen molar-refractivity contribution in [3.05, 3.63) is 76.3 Å². The van der Waals surface area contributed by atoms with Crippen LogP contribution < -0.4 is 9.47 Å². The van der Waals surface area contributed by atoms with Crippen LogP contribution in [0.15, 0.2) is 48.8 Å². The van der Waals surface area contributed by atoms with Gasteiger partial charge in [0.05, 0.1) is 44.0 Å². The second-order valence-corrected chi connectivity index (χ2v) is 7.16. The standard InChI is InChI=1S/C21H20ClN3O3.CH2O2/c1-27-15-6-3-13(4-7-15)17-10-25(11-18-20(17)24-12-23-18)21(26)16-9-14(22)5-8-19(16)28-2;2-1-3/h3-9,12,17H,10-11H2,1-2H3,(H,23,24);1H,(H,2,3). The van der Waals surface area contributed by atoms with Gasteiger partial charge < -0.3 is 24.5 Å². The van der Waals surface area contributed by atoms with Crippen molar-refractivity contribution in [2.45, 2.75) is 12.5 Å². The van der Waals surface area contributed by atoms with Crippen molar-refractivity contribution < 1.29 is 24.2 Å². The molecule has 9 heteroatoms. The van der Waals surface area contributed by atoms with E-state index in [-0.39, 0.29) is 18.3 Å². The smallest absolute Gasteiger partial charge is 0.290 e. The number of H-pyrrole nitrogens is 1. The van der Waals surface area contributed by atoms with Crippen molar-refractivity contribution in [1.82, 2.24) is 14.9 Å². The highest BCUT2D eigenvalue weighted by molar-refractivity contribution is 6.31. The Labute approximate surface area is 184 Å². The van der Waals surface area contributed by atoms with Crippen LogP contribution in [0.4, 0.5) is 0 Å². The number of hydrogen-bond donors (Lipinski definition) is 2. The number of rotatable bonds is 4. The zero-order valence-corrected chi connectivity index (χ0v) is 17.8. The van der Waals surface area contributed by atoms with Crippen molar-refractivity contribution in [1.29, 1.82) is 0 Å². The molecule has 1 aliphatic rings. The summed E-state index contributed by atoms with van der Waals surface area (Å²) < 4.78 is 10.6. The number of ether oxygens (including phenoxy) is 2. The summed E-state index contributed by atoms with van der Waals surface area (Å²) in [6, 6.07) is 12.9. The third-order valence-electron chi connectivity index (χ3n) is 5.03. The van der Waals surface area contributed by atoms with Crippen molar-refractivity contribution in [3.8, 4) is 11.5 Å². The number of carbonyl (C=O) groups is 2. The Kier molecular flexibility index (Phi) is 7.15. The van der Waals surface area contributed by atoms with Gasteiger partial charge in [0.15, 0.2) is 0 Å². The Morgan fingerprint density at radius 1 is 1.23 bits per heavy atom. The first-order valence-corrected chi connectivity index (χ1v) is 9.76. The number of amides is 1. The molecule has 1 aliphatic heterocycles. The van der Waals surface area contributed by atoms with Crippen LogP contribution in [0.2, 0.25) is 5.02 Å². The maximum atomic E-state index is 13.3. The molecule has 0 aliphatic carbocycles. The second kappa shape index (κ2) is 9.99. The minimum absolute atomic E-state index is 0.0324. The van der Waals surface area contributed by atoms with Crippen LogP contribution in [0.25, 0.3) is 0 Å². The maximum Gasteiger partial charge on any atom is 0.290 e. The molecule has 0 saturated heterocycles. The summed E-state index contributed by atoms with van der Waals surface area (Å²) in [7, 11) is 3.18. The molecule has 162 valence electrons. The molecule has 0 radical (unpaired) electrons. The predicted molar refractivity (Wildman–Crippen MR) is 115 cm³/mol. The maximum absolute atomic E-state index is 13.3. The predicted octanol–water partition coefficient (Wildman–Crippen LogP) is 3.57. The molecule has 1 aromatic heterocycles. The SMILES string of the molecule is COc1ccc(C2CN(C(=O)c3cc(Cl)ccc3OC)Cc3[nH]cnc32)cc1.O=CO. The molecule has 0 bridgehead atoms. The van der Waals surface area contributed by atoms with E-state index in [4.69, 9.17) is 31.0 Å². The lowest BCUT2D eigenvalue weighted by Gasteiger charge is -2.32. The van der Waals surface area contributed by atoms with Gasteiger partial charge in [-0.15, -0.1) is 0 Å². The van der Waals surface area contributed by atoms with Crippen LogP contribution in [0.5, 0.6) is 11.5 Å². The minimum Gasteiger partial charge on any atom is -0.497 e. The van der Waals surface area contributed by atoms with E-state index < -0.39 is 0 Å². The van der Waals surface area contributed by atoms with Gasteiger partial charge in [0.25, 0.3) is 12.4 Å². The van der Waals surface area contributed by atoms with Crippen LogP contribution >= 0.6 is 11.6 Å². The summed E-state index contributed by atoms with van der Waals surface area (Å²) in [6.07, 6.45) is 1.68. The fourth-order valence-corrected chi connectivity index (χ4v) is 3.76. The van der Waals surface area contributed by atoms with E-state index >= 15 is 0 Å². The summed E-state index contributed by atoms with van der Waals surface area (Å²) in [4.78, 5) is 31.1. The normalized spacial score (nSPS) is 14.7. The molecule has 8 nitrogen and oxygen atoms in total. The molecule has 1 unspecified atom stereocenters. The molecule has 0 spiro atoms. The number of imidazole rings is 1. The number of carboxylic acid groups (broad SMARTS) is 1. The average molecular weight is 444 g/mol. The number of aromatic nitrogens is 2. The van der Waals surface area contributed by atoms with Gasteiger partial charge in [-0.2, -0.15) is 0 Å². The highest BCUT2D eigenvalue weighted by atomic mass is 35.5. The number of halogens is 1. The molecular formula is C22H22ClN3O5. The first kappa shape index (κ1) is 22.2. The number of benzene rings is 2. The largest absolute Gasteiger partial charge is 0.497 e. The monoisotopic (exact) mass is 443 g/mol. The van der Waals surface area contributed by atoms with Crippen molar-refractivity contribution in [2.24, 2.45) is 0 Å². The highest BCUT2D eigenvalue weighted by Crippen LogP contribution is 2.34. The number of hydrogen-bond acceptors (Lipinski definition) is 5. The van der Waals surface area contributed by atoms with E-state index in [1.807, 2.05) is 24.3 Å². The van der Waals surface area contributed by atoms with Crippen LogP contribution in [-0.4, -0.2) is 53.1 Å². The van der Waals surface area contributed by atoms with Crippen molar-refractivity contribution >= 4 is 24.0 Å². The van der Waals surface area contributed by atoms with Gasteiger partial charge >= 0.3 is 0 Å². The highest BCUT2D eigenvalue weighted by Gasteiger charge is 2.32. The third kappa shape index (κ3) is 4.80. The van der Waals surface area contributed by atoms with E-state index in [2.05, 4.69) is 9.97 Å². The van der Waals surface area contributed by atoms with Gasteiger partial charge in [0.2, 0.25) is 0 Å². The van der Waals surface area contributed by atoms with Gasteiger partial charge in [-0.3, -0.25) is 9.59 Å². The van der Waals surface area contributed by atoms with Crippen LogP contribution in [0.1, 0.15) is 33.2 Å². The van der Waals surface area contributed by atoms with Gasteiger partial charge in [-0.25, -0.2) is 4.98 Å². The fourth-order valence-electron chi connectivity index (χ4n) is 3.59. The summed E-state index contributed by atoms with van der Waals surface area (Å²) >= 11 is 6.12. The number of carbonyl (C=O) groups excluding carboxylic acids is 1. The Bertz CT molecular complexity index is 1050. The van der Waals surface area contributed by atoms with Crippen LogP contribution in [0, 0.1) is 0 Å². The summed E-state index contributed by atoms with van der Waals surface area (Å²) in [6.45, 7) is 0.717. The van der Waals surface area contributed by atoms with Crippen LogP contribution in [0.3, 0.4) is 0 Å². The molecule has 1 atom stereocenters. The lowest BCUT2D eigenvalue weighted by atomic mass is 9.90. The Morgan fingerprint density at radius 2 is 1.94 bits per heavy atom. The lowest BCUT2D eigenvalue weighted by Crippen LogP contribution is -2.39. The van der Waals surface area contributed by atoms with Gasteiger partial charge in [-0.05, 0) is 35.9 Å². The third-order valence-corrected chi connectivity index (χ3v) is 5.27. The van der Waals surface area contributed by atoms with E-state index in [1.54, 1.807) is 43.6 Å². The molecular weight excluding hydrogens is 422 g/mol. The molecule has 31 heavy (non-hydrogen) atoms. The van der Waals surface area contributed by atoms with Gasteiger partial charge in [-0.1, -0.05) is 23.7 Å². The first-order valence-electron chi connectivity index (χ1n) is 9.39. The quantitative estimate of drug-likeness (QED) is 0.597. The molecule has 2 aromatic carbocycles. The van der Waals surface area contributed by atoms with Gasteiger partial charge in [0.1, 0.15) is 11.5 Å². The number of nitrogens with one attached hydrogen (secondary N) is 1. The van der Waals surface area contributed by atoms with Crippen molar-refractivity contribution in [2.75, 3.05) is 20.8 Å². The van der Waals surface area contributed by atoms with E-state index in [0.29, 0.717) is 29.4 Å². The fraction of sp³-hybridized carbons (Fsp3) is 0.227. The second-order valence-electron chi connectivity index (χ2n) is 6.73. The minimum atomic E-state index is -0.250. The lowest BCUT2D eigenvalue weighted by molar-refractivity contribution is -0.122. The molecule has 4 rings (SSSR count). The average Bonchev–Trinajstić information content (AvgIpc) is 3.27. The van der Waals surface area contributed by atoms with E-state index in [0.717, 1.165) is 22.7 Å². The summed E-state index contributed by atoms with van der Waals surface area (Å²) in [5.74, 6) is 1.14. The van der Waals surface area contributed by atoms with E-state index in [9.17, 15) is 4.79 Å². The number of nitrogens with zero attached hydrogens (tertiary/aromatic N) is 2. The van der Waals surface area contributed by atoms with E-state index in [1.165, 1.54) is 0 Å². The zero-order valence-electron chi connectivity index (χ0n) is 17.0. The number of methoxy groups -OCH3 is 2. The number of fused-ring (bicyclic) bond motifs is 1. The molecule has 2 heterocycles. The summed E-state index contributed by atoms with van der Waals surface area (Å²) in [5.41, 5.74) is 3.42. The topological polar surface area (TPSA) is 105 Å².